The summed E-state index contributed by atoms with van der Waals surface area (Å²) in [5.74, 6) is -2.57. The Hall–Kier alpha value is -4.57. The third-order valence-corrected chi connectivity index (χ3v) is 7.52. The first kappa shape index (κ1) is 33.9. The van der Waals surface area contributed by atoms with Gasteiger partial charge in [-0.15, -0.1) is 0 Å². The van der Waals surface area contributed by atoms with Crippen LogP contribution in [0.3, 0.4) is 0 Å². The lowest BCUT2D eigenvalue weighted by atomic mass is 10.0. The molecule has 0 fully saturated rings. The lowest BCUT2D eigenvalue weighted by molar-refractivity contribution is -0.142. The molecule has 3 aromatic rings. The molecule has 0 aliphatic rings. The number of H-pyrrole nitrogens is 2. The van der Waals surface area contributed by atoms with E-state index in [2.05, 4.69) is 35.9 Å². The average molecular weight is 629 g/mol. The largest absolute Gasteiger partial charge is 0.480 e. The van der Waals surface area contributed by atoms with Crippen LogP contribution in [0.15, 0.2) is 48.0 Å². The van der Waals surface area contributed by atoms with Gasteiger partial charge in [-0.25, -0.2) is 9.78 Å². The Labute approximate surface area is 258 Å². The molecule has 0 spiro atoms. The van der Waals surface area contributed by atoms with Gasteiger partial charge in [-0.1, -0.05) is 18.2 Å². The van der Waals surface area contributed by atoms with Crippen LogP contribution < -0.4 is 33.2 Å². The molecule has 0 aliphatic carbocycles. The minimum Gasteiger partial charge on any atom is -0.480 e. The SMILES string of the molecule is CSCCC(N)C(=O)NC(CCCN=C(N)N)C(=O)NC(Cc1cnc[nH]1)C(=O)NC(Cc1c[nH]c2ccccc12)C(=O)O. The fourth-order valence-corrected chi connectivity index (χ4v) is 5.01. The van der Waals surface area contributed by atoms with Crippen LogP contribution in [0.5, 0.6) is 0 Å². The maximum atomic E-state index is 13.5. The molecule has 3 rings (SSSR count). The number of aromatic nitrogens is 3. The van der Waals surface area contributed by atoms with Gasteiger partial charge in [0.2, 0.25) is 17.7 Å². The van der Waals surface area contributed by atoms with Gasteiger partial charge in [0.25, 0.3) is 0 Å². The number of hydrogen-bond acceptors (Lipinski definition) is 8. The Balaban J connectivity index is 1.78. The van der Waals surface area contributed by atoms with Crippen molar-refractivity contribution in [2.45, 2.75) is 56.3 Å². The van der Waals surface area contributed by atoms with Gasteiger partial charge in [-0.2, -0.15) is 11.8 Å². The summed E-state index contributed by atoms with van der Waals surface area (Å²) in [6.07, 6.45) is 7.41. The minimum absolute atomic E-state index is 0.00716. The molecule has 44 heavy (non-hydrogen) atoms. The second-order valence-electron chi connectivity index (χ2n) is 10.2. The fourth-order valence-electron chi connectivity index (χ4n) is 4.52. The van der Waals surface area contributed by atoms with Gasteiger partial charge >= 0.3 is 5.97 Å². The number of imidazole rings is 1. The number of aliphatic carboxylic acids is 1. The quantitative estimate of drug-likeness (QED) is 0.0488. The Kier molecular flexibility index (Phi) is 13.0. The molecule has 0 saturated carbocycles. The van der Waals surface area contributed by atoms with Crippen LogP contribution in [0.25, 0.3) is 10.9 Å². The van der Waals surface area contributed by atoms with Crippen molar-refractivity contribution in [3.63, 3.8) is 0 Å². The van der Waals surface area contributed by atoms with Gasteiger partial charge in [0, 0.05) is 48.4 Å². The third kappa shape index (κ3) is 10.3. The van der Waals surface area contributed by atoms with Crippen LogP contribution in [0.2, 0.25) is 0 Å². The zero-order chi connectivity index (χ0) is 32.1. The number of aliphatic imine (C=N–C) groups is 1. The summed E-state index contributed by atoms with van der Waals surface area (Å²) in [5.41, 5.74) is 18.9. The number of rotatable bonds is 18. The first-order chi connectivity index (χ1) is 21.1. The molecule has 0 aliphatic heterocycles. The van der Waals surface area contributed by atoms with Crippen LogP contribution in [0.4, 0.5) is 0 Å². The number of para-hydroxylation sites is 1. The number of aromatic amines is 2. The van der Waals surface area contributed by atoms with Crippen LogP contribution in [-0.2, 0) is 32.0 Å². The van der Waals surface area contributed by atoms with E-state index in [0.29, 0.717) is 29.9 Å². The van der Waals surface area contributed by atoms with Gasteiger partial charge in [0.05, 0.1) is 12.4 Å². The zero-order valence-electron chi connectivity index (χ0n) is 24.4. The van der Waals surface area contributed by atoms with Gasteiger partial charge in [-0.3, -0.25) is 19.4 Å². The normalized spacial score (nSPS) is 13.8. The highest BCUT2D eigenvalue weighted by Crippen LogP contribution is 2.19. The summed E-state index contributed by atoms with van der Waals surface area (Å²) in [7, 11) is 0. The van der Waals surface area contributed by atoms with Crippen molar-refractivity contribution in [3.05, 3.63) is 54.2 Å². The monoisotopic (exact) mass is 628 g/mol. The minimum atomic E-state index is -1.28. The highest BCUT2D eigenvalue weighted by atomic mass is 32.2. The molecule has 238 valence electrons. The van der Waals surface area contributed by atoms with E-state index in [9.17, 15) is 24.3 Å². The molecule has 15 nitrogen and oxygen atoms in total. The van der Waals surface area contributed by atoms with Crippen molar-refractivity contribution in [2.75, 3.05) is 18.6 Å². The van der Waals surface area contributed by atoms with Gasteiger partial charge in [0.15, 0.2) is 5.96 Å². The van der Waals surface area contributed by atoms with E-state index in [-0.39, 0.29) is 31.8 Å². The number of carboxylic acids is 1. The summed E-state index contributed by atoms with van der Waals surface area (Å²) in [6.45, 7) is 0.215. The smallest absolute Gasteiger partial charge is 0.326 e. The fraction of sp³-hybridized carbons (Fsp3) is 0.429. The maximum absolute atomic E-state index is 13.5. The number of hydrogen-bond donors (Lipinski definition) is 9. The Morgan fingerprint density at radius 3 is 2.36 bits per heavy atom. The van der Waals surface area contributed by atoms with Crippen molar-refractivity contribution < 1.29 is 24.3 Å². The van der Waals surface area contributed by atoms with Gasteiger partial charge in [-0.05, 0) is 42.9 Å². The molecule has 3 amide bonds. The van der Waals surface area contributed by atoms with Crippen molar-refractivity contribution in [3.8, 4) is 0 Å². The Morgan fingerprint density at radius 1 is 0.977 bits per heavy atom. The van der Waals surface area contributed by atoms with E-state index >= 15 is 0 Å². The van der Waals surface area contributed by atoms with Gasteiger partial charge in [0.1, 0.15) is 18.1 Å². The molecular weight excluding hydrogens is 588 g/mol. The molecule has 4 atom stereocenters. The summed E-state index contributed by atoms with van der Waals surface area (Å²) in [6, 6.07) is 3.05. The second kappa shape index (κ2) is 16.9. The van der Waals surface area contributed by atoms with Crippen LogP contribution in [-0.4, -0.2) is 92.4 Å². The van der Waals surface area contributed by atoms with Crippen molar-refractivity contribution in [2.24, 2.45) is 22.2 Å². The molecule has 1 aromatic carbocycles. The topological polar surface area (TPSA) is 259 Å². The van der Waals surface area contributed by atoms with E-state index in [1.165, 1.54) is 24.3 Å². The van der Waals surface area contributed by atoms with E-state index < -0.39 is 47.9 Å². The van der Waals surface area contributed by atoms with Gasteiger partial charge < -0.3 is 48.2 Å². The highest BCUT2D eigenvalue weighted by Gasteiger charge is 2.31. The predicted octanol–water partition coefficient (Wildman–Crippen LogP) is -0.651. The Bertz CT molecular complexity index is 1420. The molecule has 0 radical (unpaired) electrons. The molecule has 2 heterocycles. The van der Waals surface area contributed by atoms with Crippen molar-refractivity contribution >= 4 is 52.3 Å². The van der Waals surface area contributed by atoms with E-state index in [0.717, 1.165) is 10.9 Å². The number of guanidine groups is 1. The first-order valence-corrected chi connectivity index (χ1v) is 15.4. The molecule has 0 saturated heterocycles. The number of carbonyl (C=O) groups is 4. The Morgan fingerprint density at radius 2 is 1.68 bits per heavy atom. The lowest BCUT2D eigenvalue weighted by Gasteiger charge is -2.25. The average Bonchev–Trinajstić information content (AvgIpc) is 3.66. The number of carboxylic acid groups (broad SMARTS) is 1. The maximum Gasteiger partial charge on any atom is 0.326 e. The van der Waals surface area contributed by atoms with E-state index in [1.54, 1.807) is 6.20 Å². The summed E-state index contributed by atoms with van der Waals surface area (Å²) < 4.78 is 0. The number of thioether (sulfide) groups is 1. The summed E-state index contributed by atoms with van der Waals surface area (Å²) in [5, 5.41) is 18.7. The summed E-state index contributed by atoms with van der Waals surface area (Å²) in [4.78, 5) is 65.9. The van der Waals surface area contributed by atoms with Crippen molar-refractivity contribution in [1.29, 1.82) is 0 Å². The zero-order valence-corrected chi connectivity index (χ0v) is 25.2. The standard InChI is InChI=1S/C28H40N10O5S/c1-44-10-8-19(29)24(39)36-21(7-4-9-33-28(30)31)25(40)37-22(12-17-14-32-15-35-17)26(41)38-23(27(42)43)11-16-13-34-20-6-3-2-5-18(16)20/h2-3,5-6,13-15,19,21-23,34H,4,7-12,29H2,1H3,(H,32,35)(H,36,39)(H,37,40)(H,38,41)(H,42,43)(H4,30,31,33). The number of amides is 3. The highest BCUT2D eigenvalue weighted by molar-refractivity contribution is 7.98. The van der Waals surface area contributed by atoms with E-state index in [1.807, 2.05) is 30.5 Å². The second-order valence-corrected chi connectivity index (χ2v) is 11.2. The van der Waals surface area contributed by atoms with Crippen molar-refractivity contribution in [1.82, 2.24) is 30.9 Å². The third-order valence-electron chi connectivity index (χ3n) is 6.87. The number of fused-ring (bicyclic) bond motifs is 1. The molecule has 0 bridgehead atoms. The van der Waals surface area contributed by atoms with Crippen LogP contribution in [0, 0.1) is 0 Å². The number of nitrogens with two attached hydrogens (primary N) is 3. The van der Waals surface area contributed by atoms with Crippen LogP contribution >= 0.6 is 11.8 Å². The predicted molar refractivity (Wildman–Crippen MR) is 169 cm³/mol. The molecule has 4 unspecified atom stereocenters. The molecule has 12 N–H and O–H groups in total. The number of nitrogens with zero attached hydrogens (tertiary/aromatic N) is 2. The summed E-state index contributed by atoms with van der Waals surface area (Å²) >= 11 is 1.54. The number of carbonyl (C=O) groups excluding carboxylic acids is 3. The number of nitrogens with one attached hydrogen (secondary N) is 5. The molecular formula is C28H40N10O5S. The van der Waals surface area contributed by atoms with Crippen LogP contribution in [0.1, 0.15) is 30.5 Å². The molecule has 2 aromatic heterocycles. The number of benzene rings is 1. The molecule has 16 heteroatoms. The first-order valence-electron chi connectivity index (χ1n) is 14.0. The van der Waals surface area contributed by atoms with E-state index in [4.69, 9.17) is 17.2 Å². The lowest BCUT2D eigenvalue weighted by Crippen LogP contribution is -2.58.